The first kappa shape index (κ1) is 19.3. The zero-order chi connectivity index (χ0) is 20.5. The zero-order valence-corrected chi connectivity index (χ0v) is 17.0. The molecule has 0 saturated carbocycles. The van der Waals surface area contributed by atoms with Crippen LogP contribution in [-0.2, 0) is 4.79 Å². The number of aromatic nitrogens is 4. The number of para-hydroxylation sites is 2. The van der Waals surface area contributed by atoms with E-state index in [4.69, 9.17) is 16.3 Å². The Hall–Kier alpha value is -3.04. The van der Waals surface area contributed by atoms with Crippen LogP contribution in [0.3, 0.4) is 0 Å². The van der Waals surface area contributed by atoms with Crippen molar-refractivity contribution < 1.29 is 9.53 Å². The van der Waals surface area contributed by atoms with Crippen molar-refractivity contribution >= 4 is 51.6 Å². The lowest BCUT2D eigenvalue weighted by atomic mass is 10.3. The molecule has 29 heavy (non-hydrogen) atoms. The molecule has 0 aliphatic carbocycles. The quantitative estimate of drug-likeness (QED) is 0.472. The minimum Gasteiger partial charge on any atom is -0.495 e. The lowest BCUT2D eigenvalue weighted by Crippen LogP contribution is -2.23. The largest absolute Gasteiger partial charge is 0.495 e. The van der Waals surface area contributed by atoms with Gasteiger partial charge in [0.15, 0.2) is 5.16 Å². The second-order valence-corrected chi connectivity index (χ2v) is 7.95. The molecule has 2 aromatic heterocycles. The van der Waals surface area contributed by atoms with Crippen LogP contribution in [0.25, 0.3) is 16.7 Å². The molecule has 0 bridgehead atoms. The van der Waals surface area contributed by atoms with Gasteiger partial charge < -0.3 is 15.0 Å². The first-order chi connectivity index (χ1) is 14.0. The monoisotopic (exact) mass is 429 g/mol. The average molecular weight is 430 g/mol. The van der Waals surface area contributed by atoms with E-state index >= 15 is 0 Å². The molecule has 2 heterocycles. The Kier molecular flexibility index (Phi) is 5.16. The molecular formula is C19H16ClN5O3S. The summed E-state index contributed by atoms with van der Waals surface area (Å²) in [6, 6.07) is 12.3. The van der Waals surface area contributed by atoms with Gasteiger partial charge in [0.05, 0.1) is 29.1 Å². The fourth-order valence-corrected chi connectivity index (χ4v) is 3.92. The van der Waals surface area contributed by atoms with E-state index in [1.807, 2.05) is 18.2 Å². The van der Waals surface area contributed by atoms with E-state index in [1.165, 1.54) is 18.9 Å². The third kappa shape index (κ3) is 3.66. The molecule has 0 spiro atoms. The van der Waals surface area contributed by atoms with Gasteiger partial charge in [-0.3, -0.25) is 14.0 Å². The molecule has 1 unspecified atom stereocenters. The van der Waals surface area contributed by atoms with Gasteiger partial charge >= 0.3 is 0 Å². The maximum absolute atomic E-state index is 12.7. The number of hydrogen-bond acceptors (Lipinski definition) is 6. The maximum atomic E-state index is 12.7. The second-order valence-electron chi connectivity index (χ2n) is 6.21. The number of benzene rings is 2. The number of anilines is 1. The van der Waals surface area contributed by atoms with Crippen molar-refractivity contribution in [3.63, 3.8) is 0 Å². The third-order valence-corrected chi connectivity index (χ3v) is 5.58. The smallest absolute Gasteiger partial charge is 0.294 e. The van der Waals surface area contributed by atoms with Crippen molar-refractivity contribution in [2.45, 2.75) is 17.3 Å². The molecule has 1 atom stereocenters. The Labute approximate surface area is 174 Å². The van der Waals surface area contributed by atoms with Crippen molar-refractivity contribution in [3.05, 3.63) is 57.8 Å². The topological polar surface area (TPSA) is 101 Å². The fourth-order valence-electron chi connectivity index (χ4n) is 2.89. The molecule has 10 heteroatoms. The van der Waals surface area contributed by atoms with E-state index in [2.05, 4.69) is 20.5 Å². The minimum absolute atomic E-state index is 0.176. The molecule has 2 aromatic carbocycles. The molecule has 0 radical (unpaired) electrons. The van der Waals surface area contributed by atoms with Crippen LogP contribution in [0.2, 0.25) is 5.02 Å². The number of hydrogen-bond donors (Lipinski definition) is 2. The number of halogens is 1. The van der Waals surface area contributed by atoms with Crippen LogP contribution < -0.4 is 15.6 Å². The number of fused-ring (bicyclic) bond motifs is 3. The summed E-state index contributed by atoms with van der Waals surface area (Å²) < 4.78 is 6.92. The van der Waals surface area contributed by atoms with Gasteiger partial charge in [0.2, 0.25) is 11.6 Å². The Morgan fingerprint density at radius 2 is 2.07 bits per heavy atom. The zero-order valence-electron chi connectivity index (χ0n) is 15.5. The lowest BCUT2D eigenvalue weighted by Gasteiger charge is -2.14. The fraction of sp³-hybridized carbons (Fsp3) is 0.158. The predicted molar refractivity (Wildman–Crippen MR) is 113 cm³/mol. The summed E-state index contributed by atoms with van der Waals surface area (Å²) in [5.74, 6) is 0.242. The van der Waals surface area contributed by atoms with Crippen molar-refractivity contribution in [1.29, 1.82) is 0 Å². The summed E-state index contributed by atoms with van der Waals surface area (Å²) in [4.78, 5) is 27.8. The highest BCUT2D eigenvalue weighted by Gasteiger charge is 2.21. The van der Waals surface area contributed by atoms with Gasteiger partial charge in [-0.15, -0.1) is 10.2 Å². The van der Waals surface area contributed by atoms with Crippen LogP contribution in [0.15, 0.2) is 52.4 Å². The molecule has 2 N–H and O–H groups in total. The number of carbonyl (C=O) groups is 1. The number of carbonyl (C=O) groups excluding carboxylic acids is 1. The summed E-state index contributed by atoms with van der Waals surface area (Å²) in [5, 5.41) is 11.3. The van der Waals surface area contributed by atoms with Gasteiger partial charge in [0, 0.05) is 5.02 Å². The lowest BCUT2D eigenvalue weighted by molar-refractivity contribution is -0.115. The van der Waals surface area contributed by atoms with Crippen LogP contribution >= 0.6 is 23.4 Å². The number of methoxy groups -OCH3 is 1. The normalized spacial score (nSPS) is 12.2. The van der Waals surface area contributed by atoms with Crippen molar-refractivity contribution in [2.24, 2.45) is 0 Å². The first-order valence-corrected chi connectivity index (χ1v) is 9.91. The molecule has 148 valence electrons. The predicted octanol–water partition coefficient (Wildman–Crippen LogP) is 3.35. The van der Waals surface area contributed by atoms with Crippen molar-refractivity contribution in [2.75, 3.05) is 12.4 Å². The third-order valence-electron chi connectivity index (χ3n) is 4.30. The summed E-state index contributed by atoms with van der Waals surface area (Å²) >= 11 is 7.22. The molecule has 1 amide bonds. The SMILES string of the molecule is COc1ccc(Cl)cc1NC(=O)C(C)Sc1nnc2c(=O)[nH]c3ccccc3n12. The second kappa shape index (κ2) is 7.76. The van der Waals surface area contributed by atoms with Gasteiger partial charge in [-0.2, -0.15) is 0 Å². The highest BCUT2D eigenvalue weighted by molar-refractivity contribution is 8.00. The molecular weight excluding hydrogens is 414 g/mol. The molecule has 0 aliphatic heterocycles. The van der Waals surface area contributed by atoms with E-state index in [-0.39, 0.29) is 17.1 Å². The number of nitrogens with zero attached hydrogens (tertiary/aromatic N) is 3. The summed E-state index contributed by atoms with van der Waals surface area (Å²) in [6.45, 7) is 1.74. The first-order valence-electron chi connectivity index (χ1n) is 8.65. The van der Waals surface area contributed by atoms with Crippen LogP contribution in [0.1, 0.15) is 6.92 Å². The summed E-state index contributed by atoms with van der Waals surface area (Å²) in [5.41, 5.74) is 1.72. The van der Waals surface area contributed by atoms with E-state index in [0.717, 1.165) is 5.52 Å². The number of H-pyrrole nitrogens is 1. The summed E-state index contributed by atoms with van der Waals surface area (Å²) in [6.07, 6.45) is 0. The number of aromatic amines is 1. The van der Waals surface area contributed by atoms with Crippen molar-refractivity contribution in [1.82, 2.24) is 19.6 Å². The number of ether oxygens (including phenoxy) is 1. The van der Waals surface area contributed by atoms with Crippen molar-refractivity contribution in [3.8, 4) is 5.75 Å². The maximum Gasteiger partial charge on any atom is 0.294 e. The van der Waals surface area contributed by atoms with E-state index in [1.54, 1.807) is 35.6 Å². The minimum atomic E-state index is -0.524. The van der Waals surface area contributed by atoms with E-state index in [0.29, 0.717) is 27.1 Å². The van der Waals surface area contributed by atoms with Gasteiger partial charge in [-0.1, -0.05) is 35.5 Å². The number of nitrogens with one attached hydrogen (secondary N) is 2. The van der Waals surface area contributed by atoms with Gasteiger partial charge in [-0.25, -0.2) is 0 Å². The number of thioether (sulfide) groups is 1. The molecule has 0 fully saturated rings. The Morgan fingerprint density at radius 3 is 2.86 bits per heavy atom. The molecule has 8 nitrogen and oxygen atoms in total. The van der Waals surface area contributed by atoms with Gasteiger partial charge in [0.1, 0.15) is 5.75 Å². The van der Waals surface area contributed by atoms with E-state index < -0.39 is 5.25 Å². The number of rotatable bonds is 5. The number of amides is 1. The Balaban J connectivity index is 1.64. The average Bonchev–Trinajstić information content (AvgIpc) is 3.13. The highest BCUT2D eigenvalue weighted by atomic mass is 35.5. The highest BCUT2D eigenvalue weighted by Crippen LogP contribution is 2.30. The molecule has 0 aliphatic rings. The van der Waals surface area contributed by atoms with Crippen LogP contribution in [0.5, 0.6) is 5.75 Å². The van der Waals surface area contributed by atoms with E-state index in [9.17, 15) is 9.59 Å². The molecule has 4 aromatic rings. The van der Waals surface area contributed by atoms with Gasteiger partial charge in [0.25, 0.3) is 5.56 Å². The Bertz CT molecular complexity index is 1290. The van der Waals surface area contributed by atoms with Crippen LogP contribution in [0.4, 0.5) is 5.69 Å². The van der Waals surface area contributed by atoms with Crippen LogP contribution in [-0.4, -0.2) is 37.8 Å². The Morgan fingerprint density at radius 1 is 1.28 bits per heavy atom. The summed E-state index contributed by atoms with van der Waals surface area (Å²) in [7, 11) is 1.52. The molecule has 4 rings (SSSR count). The van der Waals surface area contributed by atoms with Gasteiger partial charge in [-0.05, 0) is 37.3 Å². The molecule has 0 saturated heterocycles. The van der Waals surface area contributed by atoms with Crippen LogP contribution in [0, 0.1) is 0 Å². The standard InChI is InChI=1S/C19H16ClN5O3S/c1-10(17(26)22-13-9-11(20)7-8-15(13)28-2)29-19-24-23-16-18(27)21-12-5-3-4-6-14(12)25(16)19/h3-10H,1-2H3,(H,21,27)(H,22,26).